The number of H-pyrrole nitrogens is 1. The first-order valence-corrected chi connectivity index (χ1v) is 6.73. The summed E-state index contributed by atoms with van der Waals surface area (Å²) in [6.07, 6.45) is 2.70. The van der Waals surface area contributed by atoms with Crippen LogP contribution in [-0.4, -0.2) is 37.3 Å². The standard InChI is InChI=1S/C12H17N5O2/c1-3-7-4-8-9(5-7)12(19)17(11(8)18)6(2)10-13-15-16-14-10/h6-9H,3-5H2,1-2H3,(H,13,14,15,16). The zero-order chi connectivity index (χ0) is 13.6. The van der Waals surface area contributed by atoms with Crippen LogP contribution in [0.25, 0.3) is 0 Å². The molecule has 3 atom stereocenters. The molecule has 102 valence electrons. The Morgan fingerprint density at radius 1 is 1.32 bits per heavy atom. The van der Waals surface area contributed by atoms with Crippen LogP contribution in [0.2, 0.25) is 0 Å². The zero-order valence-electron chi connectivity index (χ0n) is 11.0. The maximum atomic E-state index is 12.4. The van der Waals surface area contributed by atoms with Crippen molar-refractivity contribution < 1.29 is 9.59 Å². The Bertz CT molecular complexity index is 476. The van der Waals surface area contributed by atoms with Gasteiger partial charge in [0.15, 0.2) is 5.82 Å². The largest absolute Gasteiger partial charge is 0.274 e. The molecule has 2 aliphatic rings. The predicted molar refractivity (Wildman–Crippen MR) is 64.4 cm³/mol. The van der Waals surface area contributed by atoms with Gasteiger partial charge in [-0.15, -0.1) is 10.2 Å². The van der Waals surface area contributed by atoms with Crippen LogP contribution >= 0.6 is 0 Å². The summed E-state index contributed by atoms with van der Waals surface area (Å²) in [5, 5.41) is 13.6. The van der Waals surface area contributed by atoms with E-state index in [9.17, 15) is 9.59 Å². The molecule has 3 rings (SSSR count). The molecule has 1 saturated carbocycles. The topological polar surface area (TPSA) is 91.8 Å². The minimum atomic E-state index is -0.440. The number of aromatic nitrogens is 4. The Labute approximate surface area is 110 Å². The van der Waals surface area contributed by atoms with Crippen LogP contribution in [0.3, 0.4) is 0 Å². The number of hydrogen-bond acceptors (Lipinski definition) is 5. The monoisotopic (exact) mass is 263 g/mol. The van der Waals surface area contributed by atoms with Gasteiger partial charge in [0.1, 0.15) is 6.04 Å². The maximum absolute atomic E-state index is 12.4. The van der Waals surface area contributed by atoms with E-state index in [1.54, 1.807) is 6.92 Å². The van der Waals surface area contributed by atoms with Gasteiger partial charge in [0, 0.05) is 0 Å². The van der Waals surface area contributed by atoms with E-state index < -0.39 is 6.04 Å². The van der Waals surface area contributed by atoms with Gasteiger partial charge in [-0.3, -0.25) is 14.5 Å². The first-order valence-electron chi connectivity index (χ1n) is 6.73. The quantitative estimate of drug-likeness (QED) is 0.810. The van der Waals surface area contributed by atoms with Crippen molar-refractivity contribution >= 4 is 11.8 Å². The number of aromatic amines is 1. The molecular weight excluding hydrogens is 246 g/mol. The molecule has 19 heavy (non-hydrogen) atoms. The minimum absolute atomic E-state index is 0.0664. The Kier molecular flexibility index (Phi) is 2.83. The molecular formula is C12H17N5O2. The molecule has 0 bridgehead atoms. The number of hydrogen-bond donors (Lipinski definition) is 1. The van der Waals surface area contributed by atoms with Crippen molar-refractivity contribution in [2.45, 2.75) is 39.2 Å². The van der Waals surface area contributed by atoms with Gasteiger partial charge in [0.2, 0.25) is 11.8 Å². The van der Waals surface area contributed by atoms with Crippen molar-refractivity contribution in [1.29, 1.82) is 0 Å². The Morgan fingerprint density at radius 3 is 2.42 bits per heavy atom. The molecule has 0 spiro atoms. The highest BCUT2D eigenvalue weighted by Crippen LogP contribution is 2.46. The number of nitrogens with zero attached hydrogens (tertiary/aromatic N) is 4. The SMILES string of the molecule is CCC1CC2C(=O)N(C(C)c3nn[nH]n3)C(=O)C2C1. The van der Waals surface area contributed by atoms with Gasteiger partial charge in [-0.05, 0) is 25.7 Å². The first-order chi connectivity index (χ1) is 9.13. The number of fused-ring (bicyclic) bond motifs is 1. The van der Waals surface area contributed by atoms with Crippen LogP contribution in [0.1, 0.15) is 45.0 Å². The summed E-state index contributed by atoms with van der Waals surface area (Å²) in [7, 11) is 0. The molecule has 0 radical (unpaired) electrons. The van der Waals surface area contributed by atoms with Crippen LogP contribution in [0, 0.1) is 17.8 Å². The van der Waals surface area contributed by atoms with Crippen LogP contribution in [0.5, 0.6) is 0 Å². The minimum Gasteiger partial charge on any atom is -0.274 e. The third-order valence-corrected chi connectivity index (χ3v) is 4.47. The summed E-state index contributed by atoms with van der Waals surface area (Å²) < 4.78 is 0. The van der Waals surface area contributed by atoms with Crippen molar-refractivity contribution in [2.75, 3.05) is 0 Å². The van der Waals surface area contributed by atoms with E-state index in [-0.39, 0.29) is 23.7 Å². The smallest absolute Gasteiger partial charge is 0.233 e. The fraction of sp³-hybridized carbons (Fsp3) is 0.750. The summed E-state index contributed by atoms with van der Waals surface area (Å²) in [6.45, 7) is 3.87. The molecule has 2 fully saturated rings. The number of imide groups is 1. The summed E-state index contributed by atoms with van der Waals surface area (Å²) in [6, 6.07) is -0.440. The third-order valence-electron chi connectivity index (χ3n) is 4.47. The number of tetrazole rings is 1. The van der Waals surface area contributed by atoms with Gasteiger partial charge < -0.3 is 0 Å². The summed E-state index contributed by atoms with van der Waals surface area (Å²) in [4.78, 5) is 26.2. The molecule has 1 aromatic heterocycles. The van der Waals surface area contributed by atoms with Gasteiger partial charge in [0.05, 0.1) is 11.8 Å². The highest BCUT2D eigenvalue weighted by Gasteiger charge is 2.53. The van der Waals surface area contributed by atoms with E-state index in [2.05, 4.69) is 27.5 Å². The van der Waals surface area contributed by atoms with E-state index in [1.807, 2.05) is 0 Å². The Balaban J connectivity index is 1.83. The number of likely N-dealkylation sites (tertiary alicyclic amines) is 1. The van der Waals surface area contributed by atoms with E-state index in [0.29, 0.717) is 11.7 Å². The number of carbonyl (C=O) groups excluding carboxylic acids is 2. The molecule has 7 heteroatoms. The Hall–Kier alpha value is -1.79. The molecule has 2 heterocycles. The molecule has 1 aliphatic carbocycles. The molecule has 0 aromatic carbocycles. The second-order valence-corrected chi connectivity index (χ2v) is 5.45. The van der Waals surface area contributed by atoms with E-state index in [1.165, 1.54) is 4.90 Å². The second kappa shape index (κ2) is 4.40. The lowest BCUT2D eigenvalue weighted by molar-refractivity contribution is -0.143. The average molecular weight is 263 g/mol. The molecule has 1 aromatic rings. The second-order valence-electron chi connectivity index (χ2n) is 5.45. The average Bonchev–Trinajstić information content (AvgIpc) is 3.10. The lowest BCUT2D eigenvalue weighted by Crippen LogP contribution is -2.35. The highest BCUT2D eigenvalue weighted by molar-refractivity contribution is 6.05. The van der Waals surface area contributed by atoms with E-state index >= 15 is 0 Å². The fourth-order valence-corrected chi connectivity index (χ4v) is 3.33. The van der Waals surface area contributed by atoms with Crippen molar-refractivity contribution in [3.63, 3.8) is 0 Å². The summed E-state index contributed by atoms with van der Waals surface area (Å²) in [5.74, 6) is 0.490. The Morgan fingerprint density at radius 2 is 1.95 bits per heavy atom. The van der Waals surface area contributed by atoms with Crippen LogP contribution in [0.15, 0.2) is 0 Å². The van der Waals surface area contributed by atoms with Gasteiger partial charge >= 0.3 is 0 Å². The van der Waals surface area contributed by atoms with E-state index in [0.717, 1.165) is 19.3 Å². The van der Waals surface area contributed by atoms with Crippen LogP contribution in [-0.2, 0) is 9.59 Å². The van der Waals surface area contributed by atoms with Crippen molar-refractivity contribution in [1.82, 2.24) is 25.5 Å². The van der Waals surface area contributed by atoms with Crippen molar-refractivity contribution in [3.8, 4) is 0 Å². The van der Waals surface area contributed by atoms with Gasteiger partial charge in [-0.2, -0.15) is 5.21 Å². The van der Waals surface area contributed by atoms with Crippen molar-refractivity contribution in [3.05, 3.63) is 5.82 Å². The lowest BCUT2D eigenvalue weighted by Gasteiger charge is -2.21. The number of carbonyl (C=O) groups is 2. The lowest BCUT2D eigenvalue weighted by atomic mass is 10.00. The molecule has 3 unspecified atom stereocenters. The zero-order valence-corrected chi connectivity index (χ0v) is 11.0. The van der Waals surface area contributed by atoms with E-state index in [4.69, 9.17) is 0 Å². The maximum Gasteiger partial charge on any atom is 0.233 e. The molecule has 1 aliphatic heterocycles. The summed E-state index contributed by atoms with van der Waals surface area (Å²) >= 11 is 0. The predicted octanol–water partition coefficient (Wildman–Crippen LogP) is 0.682. The van der Waals surface area contributed by atoms with Crippen molar-refractivity contribution in [2.24, 2.45) is 17.8 Å². The van der Waals surface area contributed by atoms with Gasteiger partial charge in [0.25, 0.3) is 0 Å². The fourth-order valence-electron chi connectivity index (χ4n) is 3.33. The van der Waals surface area contributed by atoms with Crippen LogP contribution < -0.4 is 0 Å². The molecule has 2 amide bonds. The molecule has 1 saturated heterocycles. The third kappa shape index (κ3) is 1.75. The normalized spacial score (nSPS) is 31.9. The van der Waals surface area contributed by atoms with Gasteiger partial charge in [-0.25, -0.2) is 0 Å². The van der Waals surface area contributed by atoms with Gasteiger partial charge in [-0.1, -0.05) is 18.6 Å². The number of rotatable bonds is 3. The number of nitrogens with one attached hydrogen (secondary N) is 1. The summed E-state index contributed by atoms with van der Waals surface area (Å²) in [5.41, 5.74) is 0. The molecule has 7 nitrogen and oxygen atoms in total. The van der Waals surface area contributed by atoms with Crippen LogP contribution in [0.4, 0.5) is 0 Å². The first kappa shape index (κ1) is 12.3. The highest BCUT2D eigenvalue weighted by atomic mass is 16.2. The number of amides is 2. The molecule has 1 N–H and O–H groups in total.